The number of aryl methyl sites for hydroxylation is 1. The summed E-state index contributed by atoms with van der Waals surface area (Å²) in [6, 6.07) is 6.19. The third-order valence-electron chi connectivity index (χ3n) is 3.81. The molecule has 1 aliphatic heterocycles. The lowest BCUT2D eigenvalue weighted by atomic mass is 10.1. The fourth-order valence-electron chi connectivity index (χ4n) is 2.76. The van der Waals surface area contributed by atoms with Crippen molar-refractivity contribution < 1.29 is 0 Å². The molecule has 20 heavy (non-hydrogen) atoms. The molecule has 0 aliphatic carbocycles. The van der Waals surface area contributed by atoms with Gasteiger partial charge < -0.3 is 4.90 Å². The van der Waals surface area contributed by atoms with Crippen molar-refractivity contribution in [3.05, 3.63) is 35.7 Å². The smallest absolute Gasteiger partial charge is 0.180 e. The number of nitrogens with one attached hydrogen (secondary N) is 1. The monoisotopic (exact) mass is 264 g/mol. The van der Waals surface area contributed by atoms with E-state index in [4.69, 9.17) is 5.26 Å². The Morgan fingerprint density at radius 2 is 2.25 bits per heavy atom. The van der Waals surface area contributed by atoms with E-state index in [1.54, 1.807) is 4.90 Å². The molecule has 98 valence electrons. The Bertz CT molecular complexity index is 850. The van der Waals surface area contributed by atoms with Gasteiger partial charge in [0.15, 0.2) is 6.19 Å². The summed E-state index contributed by atoms with van der Waals surface area (Å²) in [5.41, 5.74) is 5.24. The minimum atomic E-state index is 0.619. The van der Waals surface area contributed by atoms with Crippen molar-refractivity contribution in [1.29, 1.82) is 5.26 Å². The topological polar surface area (TPSA) is 73.5 Å². The first kappa shape index (κ1) is 11.1. The highest BCUT2D eigenvalue weighted by atomic mass is 15.2. The van der Waals surface area contributed by atoms with Gasteiger partial charge in [-0.05, 0) is 12.1 Å². The predicted octanol–water partition coefficient (Wildman–Crippen LogP) is 1.76. The van der Waals surface area contributed by atoms with Gasteiger partial charge in [-0.3, -0.25) is 9.78 Å². The van der Waals surface area contributed by atoms with Gasteiger partial charge in [-0.25, -0.2) is 0 Å². The van der Waals surface area contributed by atoms with Crippen molar-refractivity contribution in [2.75, 3.05) is 0 Å². The van der Waals surface area contributed by atoms with E-state index in [-0.39, 0.29) is 0 Å². The molecule has 0 spiro atoms. The number of aromatic nitrogens is 4. The van der Waals surface area contributed by atoms with Crippen LogP contribution in [0.15, 0.2) is 24.4 Å². The van der Waals surface area contributed by atoms with Crippen LogP contribution in [-0.4, -0.2) is 24.9 Å². The maximum absolute atomic E-state index is 8.99. The molecule has 0 amide bonds. The zero-order valence-corrected chi connectivity index (χ0v) is 11.0. The number of hydrogen-bond acceptors (Lipinski definition) is 4. The van der Waals surface area contributed by atoms with E-state index in [9.17, 15) is 0 Å². The Hall–Kier alpha value is -2.81. The first-order valence-corrected chi connectivity index (χ1v) is 6.39. The highest BCUT2D eigenvalue weighted by molar-refractivity contribution is 5.84. The van der Waals surface area contributed by atoms with Crippen molar-refractivity contribution in [1.82, 2.24) is 24.9 Å². The first-order chi connectivity index (χ1) is 9.76. The molecule has 6 heteroatoms. The van der Waals surface area contributed by atoms with Gasteiger partial charge in [-0.1, -0.05) is 6.07 Å². The highest BCUT2D eigenvalue weighted by Gasteiger charge is 2.24. The number of rotatable bonds is 1. The van der Waals surface area contributed by atoms with Crippen molar-refractivity contribution in [2.24, 2.45) is 7.05 Å². The second-order valence-electron chi connectivity index (χ2n) is 5.03. The minimum absolute atomic E-state index is 0.619. The molecule has 0 saturated heterocycles. The Morgan fingerprint density at radius 3 is 3.10 bits per heavy atom. The van der Waals surface area contributed by atoms with E-state index in [0.29, 0.717) is 13.1 Å². The van der Waals surface area contributed by atoms with E-state index in [1.165, 1.54) is 0 Å². The van der Waals surface area contributed by atoms with E-state index in [0.717, 1.165) is 33.4 Å². The summed E-state index contributed by atoms with van der Waals surface area (Å²) in [4.78, 5) is 1.72. The number of nitrogens with zero attached hydrogens (tertiary/aromatic N) is 5. The lowest BCUT2D eigenvalue weighted by Gasteiger charge is -2.05. The molecule has 1 N–H and O–H groups in total. The van der Waals surface area contributed by atoms with E-state index < -0.39 is 0 Å². The largest absolute Gasteiger partial charge is 0.300 e. The zero-order chi connectivity index (χ0) is 13.7. The Labute approximate surface area is 115 Å². The molecular formula is C14H12N6. The Balaban J connectivity index is 1.83. The highest BCUT2D eigenvalue weighted by Crippen LogP contribution is 2.31. The molecule has 0 unspecified atom stereocenters. The van der Waals surface area contributed by atoms with Crippen LogP contribution in [0.5, 0.6) is 0 Å². The predicted molar refractivity (Wildman–Crippen MR) is 73.2 cm³/mol. The second-order valence-corrected chi connectivity index (χ2v) is 5.03. The summed E-state index contributed by atoms with van der Waals surface area (Å²) in [5.74, 6) is 0. The molecule has 0 fully saturated rings. The summed E-state index contributed by atoms with van der Waals surface area (Å²) in [5, 5.41) is 21.8. The fourth-order valence-corrected chi connectivity index (χ4v) is 2.76. The SMILES string of the molecule is Cn1ncc2cc(-c3n[nH]c4c3CN(C#N)C4)ccc21. The molecule has 0 saturated carbocycles. The third-order valence-corrected chi connectivity index (χ3v) is 3.81. The number of fused-ring (bicyclic) bond motifs is 2. The minimum Gasteiger partial charge on any atom is -0.300 e. The van der Waals surface area contributed by atoms with Crippen LogP contribution in [0.1, 0.15) is 11.3 Å². The first-order valence-electron chi connectivity index (χ1n) is 6.39. The van der Waals surface area contributed by atoms with Crippen molar-refractivity contribution in [3.8, 4) is 17.5 Å². The molecule has 6 nitrogen and oxygen atoms in total. The van der Waals surface area contributed by atoms with Crippen LogP contribution in [0.25, 0.3) is 22.2 Å². The molecule has 3 aromatic rings. The maximum Gasteiger partial charge on any atom is 0.180 e. The zero-order valence-electron chi connectivity index (χ0n) is 11.0. The molecule has 0 radical (unpaired) electrons. The molecular weight excluding hydrogens is 252 g/mol. The van der Waals surface area contributed by atoms with Crippen molar-refractivity contribution >= 4 is 10.9 Å². The Kier molecular flexibility index (Phi) is 2.12. The number of nitriles is 1. The van der Waals surface area contributed by atoms with Crippen LogP contribution in [0.3, 0.4) is 0 Å². The number of hydrogen-bond donors (Lipinski definition) is 1. The molecule has 1 aliphatic rings. The van der Waals surface area contributed by atoms with Gasteiger partial charge in [0.25, 0.3) is 0 Å². The summed E-state index contributed by atoms with van der Waals surface area (Å²) < 4.78 is 1.85. The number of aromatic amines is 1. The lowest BCUT2D eigenvalue weighted by Crippen LogP contribution is -2.08. The van der Waals surface area contributed by atoms with Gasteiger partial charge in [0, 0.05) is 23.6 Å². The normalized spacial score (nSPS) is 13.7. The van der Waals surface area contributed by atoms with Gasteiger partial charge in [-0.2, -0.15) is 15.5 Å². The summed E-state index contributed by atoms with van der Waals surface area (Å²) in [6.07, 6.45) is 4.04. The van der Waals surface area contributed by atoms with Crippen LogP contribution in [0.4, 0.5) is 0 Å². The van der Waals surface area contributed by atoms with Crippen molar-refractivity contribution in [3.63, 3.8) is 0 Å². The molecule has 0 bridgehead atoms. The van der Waals surface area contributed by atoms with Gasteiger partial charge in [0.1, 0.15) is 0 Å². The Morgan fingerprint density at radius 1 is 1.35 bits per heavy atom. The molecule has 2 aromatic heterocycles. The van der Waals surface area contributed by atoms with Crippen LogP contribution in [0, 0.1) is 11.5 Å². The molecule has 4 rings (SSSR count). The van der Waals surface area contributed by atoms with E-state index in [1.807, 2.05) is 17.9 Å². The summed E-state index contributed by atoms with van der Waals surface area (Å²) in [7, 11) is 1.93. The summed E-state index contributed by atoms with van der Waals surface area (Å²) >= 11 is 0. The maximum atomic E-state index is 8.99. The van der Waals surface area contributed by atoms with Crippen LogP contribution < -0.4 is 0 Å². The number of benzene rings is 1. The third kappa shape index (κ3) is 1.43. The van der Waals surface area contributed by atoms with E-state index in [2.05, 4.69) is 39.7 Å². The van der Waals surface area contributed by atoms with Crippen LogP contribution >= 0.6 is 0 Å². The average molecular weight is 264 g/mol. The van der Waals surface area contributed by atoms with Gasteiger partial charge >= 0.3 is 0 Å². The lowest BCUT2D eigenvalue weighted by molar-refractivity contribution is 0.412. The summed E-state index contributed by atoms with van der Waals surface area (Å²) in [6.45, 7) is 1.25. The molecule has 3 heterocycles. The molecule has 1 aromatic carbocycles. The second kappa shape index (κ2) is 3.84. The van der Waals surface area contributed by atoms with Gasteiger partial charge in [-0.15, -0.1) is 0 Å². The fraction of sp³-hybridized carbons (Fsp3) is 0.214. The van der Waals surface area contributed by atoms with Crippen LogP contribution in [0.2, 0.25) is 0 Å². The van der Waals surface area contributed by atoms with Gasteiger partial charge in [0.2, 0.25) is 0 Å². The van der Waals surface area contributed by atoms with E-state index >= 15 is 0 Å². The number of H-pyrrole nitrogens is 1. The quantitative estimate of drug-likeness (QED) is 0.680. The van der Waals surface area contributed by atoms with Crippen LogP contribution in [-0.2, 0) is 20.1 Å². The average Bonchev–Trinajstić information content (AvgIpc) is 3.12. The van der Waals surface area contributed by atoms with Crippen molar-refractivity contribution in [2.45, 2.75) is 13.1 Å². The standard InChI is InChI=1S/C14H12N6/c1-19-13-3-2-9(4-10(13)5-16-19)14-11-6-20(8-15)7-12(11)17-18-14/h2-5H,6-7H2,1H3,(H,17,18). The molecule has 0 atom stereocenters. The van der Waals surface area contributed by atoms with Gasteiger partial charge in [0.05, 0.1) is 36.2 Å².